The van der Waals surface area contributed by atoms with Gasteiger partial charge in [0, 0.05) is 24.9 Å². The topological polar surface area (TPSA) is 131 Å². The molecule has 0 spiro atoms. The summed E-state index contributed by atoms with van der Waals surface area (Å²) in [6, 6.07) is 16.2. The minimum atomic E-state index is -0.833. The number of hydrogen-bond acceptors (Lipinski definition) is 6. The number of nitrogens with one attached hydrogen (secondary N) is 2. The number of carbonyl (C=O) groups is 3. The highest BCUT2D eigenvalue weighted by Gasteiger charge is 2.43. The van der Waals surface area contributed by atoms with Crippen LogP contribution in [0.3, 0.4) is 0 Å². The van der Waals surface area contributed by atoms with E-state index in [-0.39, 0.29) is 42.4 Å². The number of carbonyl (C=O) groups excluding carboxylic acids is 2. The summed E-state index contributed by atoms with van der Waals surface area (Å²) in [6.07, 6.45) is 2.75. The second-order valence-electron chi connectivity index (χ2n) is 8.72. The fourth-order valence-corrected chi connectivity index (χ4v) is 4.47. The molecule has 178 valence electrons. The number of hydrogen-bond donors (Lipinski definition) is 3. The van der Waals surface area contributed by atoms with Gasteiger partial charge in [-0.1, -0.05) is 48.5 Å². The molecule has 1 fully saturated rings. The van der Waals surface area contributed by atoms with Crippen molar-refractivity contribution in [2.75, 3.05) is 13.2 Å². The van der Waals surface area contributed by atoms with Gasteiger partial charge >= 0.3 is 12.1 Å². The van der Waals surface area contributed by atoms with Crippen molar-refractivity contribution in [2.45, 2.75) is 18.9 Å². The predicted octanol–water partition coefficient (Wildman–Crippen LogP) is 2.97. The van der Waals surface area contributed by atoms with Crippen LogP contribution in [0.15, 0.2) is 60.9 Å². The fourth-order valence-electron chi connectivity index (χ4n) is 4.47. The molecular formula is C26H24N4O5. The molecule has 9 heteroatoms. The van der Waals surface area contributed by atoms with Crippen LogP contribution in [0.1, 0.15) is 39.6 Å². The molecule has 3 aromatic rings. The van der Waals surface area contributed by atoms with Gasteiger partial charge in [-0.05, 0) is 34.6 Å². The Morgan fingerprint density at radius 3 is 2.17 bits per heavy atom. The van der Waals surface area contributed by atoms with Crippen molar-refractivity contribution in [3.8, 4) is 11.1 Å². The van der Waals surface area contributed by atoms with Gasteiger partial charge in [-0.25, -0.2) is 14.8 Å². The first-order chi connectivity index (χ1) is 17.0. The van der Waals surface area contributed by atoms with E-state index in [2.05, 4.69) is 44.9 Å². The summed E-state index contributed by atoms with van der Waals surface area (Å²) in [6.45, 7) is 0.575. The van der Waals surface area contributed by atoms with Crippen molar-refractivity contribution in [1.82, 2.24) is 20.6 Å². The lowest BCUT2D eigenvalue weighted by Crippen LogP contribution is -2.28. The maximum atomic E-state index is 12.3. The van der Waals surface area contributed by atoms with Gasteiger partial charge in [0.1, 0.15) is 12.4 Å². The second-order valence-corrected chi connectivity index (χ2v) is 8.72. The molecule has 2 aromatic carbocycles. The van der Waals surface area contributed by atoms with E-state index in [9.17, 15) is 14.4 Å². The Kier molecular flexibility index (Phi) is 6.13. The zero-order valence-electron chi connectivity index (χ0n) is 18.8. The van der Waals surface area contributed by atoms with Gasteiger partial charge in [-0.3, -0.25) is 9.59 Å². The Balaban J connectivity index is 1.10. The number of fused-ring (bicyclic) bond motifs is 3. The van der Waals surface area contributed by atoms with Crippen LogP contribution in [-0.2, 0) is 16.1 Å². The van der Waals surface area contributed by atoms with E-state index in [1.54, 1.807) is 0 Å². The zero-order chi connectivity index (χ0) is 24.4. The molecular weight excluding hydrogens is 448 g/mol. The zero-order valence-corrected chi connectivity index (χ0v) is 18.8. The summed E-state index contributed by atoms with van der Waals surface area (Å²) in [5.41, 5.74) is 4.86. The Hall–Kier alpha value is -4.27. The average Bonchev–Trinajstić information content (AvgIpc) is 3.60. The van der Waals surface area contributed by atoms with Gasteiger partial charge in [0.05, 0.1) is 18.0 Å². The third-order valence-electron chi connectivity index (χ3n) is 6.47. The number of nitrogens with zero attached hydrogens (tertiary/aromatic N) is 2. The monoisotopic (exact) mass is 472 g/mol. The number of ether oxygens (including phenoxy) is 1. The normalized spacial score (nSPS) is 17.7. The smallest absolute Gasteiger partial charge is 0.407 e. The average molecular weight is 473 g/mol. The van der Waals surface area contributed by atoms with Gasteiger partial charge in [-0.2, -0.15) is 0 Å². The summed E-state index contributed by atoms with van der Waals surface area (Å²) >= 11 is 0. The number of rotatable bonds is 8. The van der Waals surface area contributed by atoms with Crippen molar-refractivity contribution >= 4 is 18.0 Å². The molecule has 9 nitrogen and oxygen atoms in total. The number of aliphatic carboxylic acids is 1. The number of carboxylic acid groups (broad SMARTS) is 1. The maximum absolute atomic E-state index is 12.3. The van der Waals surface area contributed by atoms with Crippen LogP contribution in [-0.4, -0.2) is 46.2 Å². The van der Waals surface area contributed by atoms with Gasteiger partial charge in [0.15, 0.2) is 0 Å². The van der Waals surface area contributed by atoms with Crippen LogP contribution in [0.2, 0.25) is 0 Å². The van der Waals surface area contributed by atoms with E-state index < -0.39 is 12.1 Å². The summed E-state index contributed by atoms with van der Waals surface area (Å²) in [5, 5.41) is 14.3. The standard InChI is InChI=1S/C26H24N4O5/c31-24(29-10-15-9-21(15)25(32)33)16-11-27-23(28-12-16)13-30-26(34)35-14-22-19-7-3-1-5-17(19)18-6-2-4-8-20(18)22/h1-8,11-12,15,21-22H,9-10,13-14H2,(H,29,31)(H,30,34)(H,32,33)/t15-,21-/m1/s1. The summed E-state index contributed by atoms with van der Waals surface area (Å²) in [7, 11) is 0. The Morgan fingerprint density at radius 1 is 0.943 bits per heavy atom. The highest BCUT2D eigenvalue weighted by atomic mass is 16.5. The van der Waals surface area contributed by atoms with Crippen LogP contribution in [0.4, 0.5) is 4.79 Å². The van der Waals surface area contributed by atoms with Crippen molar-refractivity contribution in [3.05, 3.63) is 83.4 Å². The Labute approximate surface area is 201 Å². The second kappa shape index (κ2) is 9.54. The lowest BCUT2D eigenvalue weighted by molar-refractivity contribution is -0.138. The van der Waals surface area contributed by atoms with E-state index >= 15 is 0 Å². The van der Waals surface area contributed by atoms with Crippen LogP contribution in [0.25, 0.3) is 11.1 Å². The van der Waals surface area contributed by atoms with Gasteiger partial charge < -0.3 is 20.5 Å². The third-order valence-corrected chi connectivity index (χ3v) is 6.47. The first kappa shape index (κ1) is 22.5. The molecule has 2 amide bonds. The molecule has 0 saturated heterocycles. The third kappa shape index (κ3) is 4.84. The SMILES string of the molecule is O=C(NCc1ncc(C(=O)NC[C@H]2C[C@H]2C(=O)O)cn1)OCC1c2ccccc2-c2ccccc21. The molecule has 2 aliphatic rings. The molecule has 1 aromatic heterocycles. The fraction of sp³-hybridized carbons (Fsp3) is 0.269. The number of carboxylic acids is 1. The first-order valence-electron chi connectivity index (χ1n) is 11.4. The number of aromatic nitrogens is 2. The molecule has 0 radical (unpaired) electrons. The summed E-state index contributed by atoms with van der Waals surface area (Å²) in [4.78, 5) is 43.6. The molecule has 0 bridgehead atoms. The van der Waals surface area contributed by atoms with Crippen LogP contribution < -0.4 is 10.6 Å². The molecule has 0 aliphatic heterocycles. The van der Waals surface area contributed by atoms with Crippen LogP contribution in [0, 0.1) is 11.8 Å². The quantitative estimate of drug-likeness (QED) is 0.459. The molecule has 5 rings (SSSR count). The lowest BCUT2D eigenvalue weighted by atomic mass is 9.98. The summed E-state index contributed by atoms with van der Waals surface area (Å²) < 4.78 is 5.50. The van der Waals surface area contributed by atoms with Crippen LogP contribution >= 0.6 is 0 Å². The number of amides is 2. The predicted molar refractivity (Wildman–Crippen MR) is 126 cm³/mol. The van der Waals surface area contributed by atoms with Crippen molar-refractivity contribution in [2.24, 2.45) is 11.8 Å². The summed E-state index contributed by atoms with van der Waals surface area (Å²) in [5.74, 6) is -1.29. The van der Waals surface area contributed by atoms with E-state index in [0.717, 1.165) is 22.3 Å². The van der Waals surface area contributed by atoms with E-state index in [4.69, 9.17) is 9.84 Å². The minimum Gasteiger partial charge on any atom is -0.481 e. The highest BCUT2D eigenvalue weighted by molar-refractivity contribution is 5.93. The van der Waals surface area contributed by atoms with Crippen LogP contribution in [0.5, 0.6) is 0 Å². The van der Waals surface area contributed by atoms with E-state index in [1.165, 1.54) is 12.4 Å². The molecule has 35 heavy (non-hydrogen) atoms. The Morgan fingerprint density at radius 2 is 1.57 bits per heavy atom. The van der Waals surface area contributed by atoms with Crippen molar-refractivity contribution < 1.29 is 24.2 Å². The molecule has 1 heterocycles. The largest absolute Gasteiger partial charge is 0.481 e. The molecule has 2 aliphatic carbocycles. The molecule has 3 N–H and O–H groups in total. The minimum absolute atomic E-state index is 0.0244. The lowest BCUT2D eigenvalue weighted by Gasteiger charge is -2.14. The van der Waals surface area contributed by atoms with Gasteiger partial charge in [-0.15, -0.1) is 0 Å². The number of alkyl carbamates (subject to hydrolysis) is 1. The molecule has 1 saturated carbocycles. The van der Waals surface area contributed by atoms with Crippen molar-refractivity contribution in [3.63, 3.8) is 0 Å². The molecule has 2 atom stereocenters. The Bertz CT molecular complexity index is 1230. The number of benzene rings is 2. The van der Waals surface area contributed by atoms with E-state index in [0.29, 0.717) is 18.8 Å². The highest BCUT2D eigenvalue weighted by Crippen LogP contribution is 2.44. The maximum Gasteiger partial charge on any atom is 0.407 e. The van der Waals surface area contributed by atoms with Gasteiger partial charge in [0.25, 0.3) is 5.91 Å². The molecule has 0 unspecified atom stereocenters. The van der Waals surface area contributed by atoms with Gasteiger partial charge in [0.2, 0.25) is 0 Å². The van der Waals surface area contributed by atoms with Crippen molar-refractivity contribution in [1.29, 1.82) is 0 Å². The van der Waals surface area contributed by atoms with E-state index in [1.807, 2.05) is 24.3 Å². The first-order valence-corrected chi connectivity index (χ1v) is 11.4.